The molecule has 0 radical (unpaired) electrons. The average molecular weight is 543 g/mol. The summed E-state index contributed by atoms with van der Waals surface area (Å²) in [6.07, 6.45) is 12.5. The van der Waals surface area contributed by atoms with E-state index in [9.17, 15) is 14.7 Å². The molecule has 4 heterocycles. The van der Waals surface area contributed by atoms with Crippen LogP contribution in [0.4, 0.5) is 0 Å². The van der Waals surface area contributed by atoms with E-state index in [0.29, 0.717) is 32.5 Å². The second-order valence-corrected chi connectivity index (χ2v) is 10.8. The summed E-state index contributed by atoms with van der Waals surface area (Å²) < 4.78 is 34.3. The molecule has 0 amide bonds. The number of unbranched alkanes of at least 4 members (excludes halogenated alkanes) is 2. The molecule has 212 valence electrons. The standard InChI is InChI=1S/C30H38O9/c1-20(31)36-23(9-7-5-3-2-4-6-8-21-10-11-25-27(14-21)35-19-34-25)16-24-15-22(32)17-30(38-24)18-28-26(39-30)12-13-29(33)37-28/h2,4,10-14,22-24,26,28,32H,3,5-9,15-19H2,1H3/b4-2+. The topological polar surface area (TPSA) is 110 Å². The molecule has 0 saturated carbocycles. The predicted molar refractivity (Wildman–Crippen MR) is 140 cm³/mol. The fourth-order valence-corrected chi connectivity index (χ4v) is 5.90. The van der Waals surface area contributed by atoms with E-state index in [-0.39, 0.29) is 30.3 Å². The lowest BCUT2D eigenvalue weighted by molar-refractivity contribution is -0.285. The van der Waals surface area contributed by atoms with Crippen LogP contribution < -0.4 is 9.47 Å². The monoisotopic (exact) mass is 542 g/mol. The smallest absolute Gasteiger partial charge is 0.330 e. The number of aliphatic hydroxyl groups is 1. The molecule has 1 aromatic rings. The Bertz CT molecular complexity index is 1080. The molecule has 1 N–H and O–H groups in total. The Morgan fingerprint density at radius 2 is 2.00 bits per heavy atom. The molecule has 39 heavy (non-hydrogen) atoms. The number of aryl methyl sites for hydroxylation is 1. The second kappa shape index (κ2) is 12.5. The maximum Gasteiger partial charge on any atom is 0.330 e. The number of allylic oxidation sites excluding steroid dienone is 2. The van der Waals surface area contributed by atoms with Gasteiger partial charge >= 0.3 is 11.9 Å². The molecule has 0 bridgehead atoms. The van der Waals surface area contributed by atoms with Crippen molar-refractivity contribution in [2.45, 2.75) is 107 Å². The highest BCUT2D eigenvalue weighted by molar-refractivity contribution is 5.83. The third-order valence-corrected chi connectivity index (χ3v) is 7.59. The van der Waals surface area contributed by atoms with Crippen LogP contribution in [-0.2, 0) is 35.0 Å². The van der Waals surface area contributed by atoms with Gasteiger partial charge in [-0.1, -0.05) is 18.2 Å². The Morgan fingerprint density at radius 1 is 1.15 bits per heavy atom. The van der Waals surface area contributed by atoms with E-state index in [4.69, 9.17) is 28.4 Å². The van der Waals surface area contributed by atoms with Crippen molar-refractivity contribution < 1.29 is 43.1 Å². The molecule has 5 rings (SSSR count). The maximum absolute atomic E-state index is 11.8. The number of fused-ring (bicyclic) bond motifs is 2. The van der Waals surface area contributed by atoms with Crippen LogP contribution in [0, 0.1) is 0 Å². The van der Waals surface area contributed by atoms with E-state index in [1.807, 2.05) is 12.1 Å². The van der Waals surface area contributed by atoms with E-state index in [2.05, 4.69) is 18.2 Å². The van der Waals surface area contributed by atoms with Gasteiger partial charge in [0.25, 0.3) is 0 Å². The first-order valence-electron chi connectivity index (χ1n) is 14.0. The SMILES string of the molecule is CC(=O)OC(CCCC/C=C/CCc1ccc2c(c1)OCO2)CC1CC(O)CC2(CC3OC(=O)C=CC3O2)O1. The largest absolute Gasteiger partial charge is 0.462 e. The molecule has 2 saturated heterocycles. The van der Waals surface area contributed by atoms with Gasteiger partial charge in [0, 0.05) is 32.3 Å². The van der Waals surface area contributed by atoms with Gasteiger partial charge in [0.15, 0.2) is 17.3 Å². The summed E-state index contributed by atoms with van der Waals surface area (Å²) in [7, 11) is 0. The molecule has 1 spiro atoms. The number of hydrogen-bond donors (Lipinski definition) is 1. The summed E-state index contributed by atoms with van der Waals surface area (Å²) in [4.78, 5) is 23.4. The summed E-state index contributed by atoms with van der Waals surface area (Å²) in [6, 6.07) is 6.08. The first-order valence-corrected chi connectivity index (χ1v) is 14.0. The third-order valence-electron chi connectivity index (χ3n) is 7.59. The van der Waals surface area contributed by atoms with Gasteiger partial charge < -0.3 is 33.5 Å². The lowest BCUT2D eigenvalue weighted by atomic mass is 9.92. The maximum atomic E-state index is 11.8. The highest BCUT2D eigenvalue weighted by Gasteiger charge is 2.53. The normalized spacial score (nSPS) is 29.9. The lowest BCUT2D eigenvalue weighted by Gasteiger charge is -2.41. The van der Waals surface area contributed by atoms with Crippen LogP contribution in [0.2, 0.25) is 0 Å². The van der Waals surface area contributed by atoms with Gasteiger partial charge in [-0.15, -0.1) is 0 Å². The number of carbonyl (C=O) groups is 2. The van der Waals surface area contributed by atoms with Crippen LogP contribution in [0.1, 0.15) is 70.3 Å². The molecule has 9 heteroatoms. The highest BCUT2D eigenvalue weighted by Crippen LogP contribution is 2.44. The zero-order valence-electron chi connectivity index (χ0n) is 22.4. The molecular weight excluding hydrogens is 504 g/mol. The summed E-state index contributed by atoms with van der Waals surface area (Å²) in [5, 5.41) is 10.6. The van der Waals surface area contributed by atoms with Gasteiger partial charge in [0.2, 0.25) is 6.79 Å². The average Bonchev–Trinajstić information content (AvgIpc) is 3.47. The van der Waals surface area contributed by atoms with Gasteiger partial charge in [-0.3, -0.25) is 4.79 Å². The van der Waals surface area contributed by atoms with Crippen LogP contribution in [0.5, 0.6) is 11.5 Å². The Balaban J connectivity index is 1.04. The van der Waals surface area contributed by atoms with E-state index in [1.54, 1.807) is 6.08 Å². The van der Waals surface area contributed by atoms with E-state index < -0.39 is 18.0 Å². The van der Waals surface area contributed by atoms with Crippen molar-refractivity contribution in [1.82, 2.24) is 0 Å². The van der Waals surface area contributed by atoms with Crippen molar-refractivity contribution in [3.8, 4) is 11.5 Å². The first kappa shape index (κ1) is 27.7. The second-order valence-electron chi connectivity index (χ2n) is 10.8. The molecule has 4 aliphatic heterocycles. The van der Waals surface area contributed by atoms with E-state index >= 15 is 0 Å². The van der Waals surface area contributed by atoms with Crippen LogP contribution in [-0.4, -0.2) is 60.1 Å². The summed E-state index contributed by atoms with van der Waals surface area (Å²) in [5.74, 6) is -0.0902. The van der Waals surface area contributed by atoms with Gasteiger partial charge in [-0.05, 0) is 68.7 Å². The zero-order chi connectivity index (χ0) is 27.2. The lowest BCUT2D eigenvalue weighted by Crippen LogP contribution is -2.47. The fraction of sp³-hybridized carbons (Fsp3) is 0.600. The van der Waals surface area contributed by atoms with Gasteiger partial charge in [-0.25, -0.2) is 4.79 Å². The predicted octanol–water partition coefficient (Wildman–Crippen LogP) is 4.29. The number of rotatable bonds is 11. The van der Waals surface area contributed by atoms with Crippen molar-refractivity contribution in [2.75, 3.05) is 6.79 Å². The molecule has 6 unspecified atom stereocenters. The zero-order valence-corrected chi connectivity index (χ0v) is 22.4. The Labute approximate surface area is 229 Å². The molecule has 1 aromatic carbocycles. The fourth-order valence-electron chi connectivity index (χ4n) is 5.90. The van der Waals surface area contributed by atoms with Gasteiger partial charge in [-0.2, -0.15) is 0 Å². The van der Waals surface area contributed by atoms with Crippen molar-refractivity contribution in [2.24, 2.45) is 0 Å². The minimum atomic E-state index is -1.00. The van der Waals surface area contributed by atoms with Crippen LogP contribution >= 0.6 is 0 Å². The van der Waals surface area contributed by atoms with Crippen LogP contribution in [0.15, 0.2) is 42.5 Å². The summed E-state index contributed by atoms with van der Waals surface area (Å²) in [5.41, 5.74) is 1.23. The summed E-state index contributed by atoms with van der Waals surface area (Å²) in [6.45, 7) is 1.71. The number of hydrogen-bond acceptors (Lipinski definition) is 9. The summed E-state index contributed by atoms with van der Waals surface area (Å²) >= 11 is 0. The number of aliphatic hydroxyl groups excluding tert-OH is 1. The molecule has 4 aliphatic rings. The van der Waals surface area contributed by atoms with Gasteiger partial charge in [0.1, 0.15) is 18.3 Å². The number of esters is 2. The van der Waals surface area contributed by atoms with Crippen molar-refractivity contribution >= 4 is 11.9 Å². The number of ether oxygens (including phenoxy) is 6. The van der Waals surface area contributed by atoms with Crippen molar-refractivity contribution in [3.05, 3.63) is 48.1 Å². The van der Waals surface area contributed by atoms with Crippen LogP contribution in [0.3, 0.4) is 0 Å². The molecule has 2 fully saturated rings. The minimum Gasteiger partial charge on any atom is -0.462 e. The van der Waals surface area contributed by atoms with Crippen molar-refractivity contribution in [1.29, 1.82) is 0 Å². The van der Waals surface area contributed by atoms with Gasteiger partial charge in [0.05, 0.1) is 12.2 Å². The Kier molecular flexibility index (Phi) is 8.89. The van der Waals surface area contributed by atoms with E-state index in [1.165, 1.54) is 18.6 Å². The Morgan fingerprint density at radius 3 is 2.87 bits per heavy atom. The third kappa shape index (κ3) is 7.41. The molecule has 9 nitrogen and oxygen atoms in total. The first-order chi connectivity index (χ1) is 18.9. The molecule has 0 aromatic heterocycles. The van der Waals surface area contributed by atoms with E-state index in [0.717, 1.165) is 50.0 Å². The molecule has 0 aliphatic carbocycles. The number of carbonyl (C=O) groups excluding carboxylic acids is 2. The quantitative estimate of drug-likeness (QED) is 0.249. The molecule has 6 atom stereocenters. The minimum absolute atomic E-state index is 0.291. The van der Waals surface area contributed by atoms with Crippen LogP contribution in [0.25, 0.3) is 0 Å². The number of benzene rings is 1. The molecular formula is C30H38O9. The van der Waals surface area contributed by atoms with Crippen molar-refractivity contribution in [3.63, 3.8) is 0 Å². The highest BCUT2D eigenvalue weighted by atomic mass is 16.7. The Hall–Kier alpha value is -2.88.